The van der Waals surface area contributed by atoms with Gasteiger partial charge in [0.25, 0.3) is 0 Å². The Morgan fingerprint density at radius 3 is 2.58 bits per heavy atom. The van der Waals surface area contributed by atoms with Gasteiger partial charge in [-0.2, -0.15) is 0 Å². The molecule has 70 valence electrons. The van der Waals surface area contributed by atoms with Crippen molar-refractivity contribution in [1.29, 1.82) is 0 Å². The largest absolute Gasteiger partial charge is 0.353 e. The Hall–Kier alpha value is -0.530. The number of nitrogens with one attached hydrogen (secondary N) is 1. The summed E-state index contributed by atoms with van der Waals surface area (Å²) in [6, 6.07) is 0.430. The molecule has 12 heavy (non-hydrogen) atoms. The molecule has 0 aromatic carbocycles. The summed E-state index contributed by atoms with van der Waals surface area (Å²) in [5.41, 5.74) is 0. The average molecular weight is 169 g/mol. The van der Waals surface area contributed by atoms with E-state index in [1.54, 1.807) is 0 Å². The first-order valence-corrected chi connectivity index (χ1v) is 5.06. The van der Waals surface area contributed by atoms with Gasteiger partial charge in [0, 0.05) is 6.04 Å². The van der Waals surface area contributed by atoms with Crippen LogP contribution in [0, 0.1) is 5.92 Å². The molecule has 1 aliphatic heterocycles. The van der Waals surface area contributed by atoms with E-state index >= 15 is 0 Å². The first kappa shape index (κ1) is 9.56. The molecule has 2 heteroatoms. The molecule has 0 saturated carbocycles. The molecule has 1 heterocycles. The van der Waals surface area contributed by atoms with Crippen LogP contribution in [-0.2, 0) is 4.79 Å². The van der Waals surface area contributed by atoms with Crippen LogP contribution in [0.15, 0.2) is 0 Å². The molecule has 1 aliphatic rings. The number of hydrogen-bond donors (Lipinski definition) is 1. The summed E-state index contributed by atoms with van der Waals surface area (Å²) >= 11 is 0. The molecule has 1 N–H and O–H groups in total. The number of amides is 1. The molecule has 1 saturated heterocycles. The highest BCUT2D eigenvalue weighted by atomic mass is 16.2. The van der Waals surface area contributed by atoms with Crippen LogP contribution in [0.3, 0.4) is 0 Å². The zero-order valence-electron chi connectivity index (χ0n) is 8.10. The van der Waals surface area contributed by atoms with Gasteiger partial charge in [-0.25, -0.2) is 0 Å². The Labute approximate surface area is 74.7 Å². The third kappa shape index (κ3) is 2.23. The average Bonchev–Trinajstić information content (AvgIpc) is 2.04. The molecule has 0 aromatic rings. The van der Waals surface area contributed by atoms with Gasteiger partial charge in [0.2, 0.25) is 5.91 Å². The molecule has 0 unspecified atom stereocenters. The standard InChI is InChI=1S/C10H19NO/c1-3-4-5-6-7-9-8(2)11-10(9)12/h8-9H,3-7H2,1-2H3,(H,11,12)/t8-,9-/m0/s1. The van der Waals surface area contributed by atoms with Crippen molar-refractivity contribution in [2.45, 2.75) is 52.0 Å². The van der Waals surface area contributed by atoms with Gasteiger partial charge in [-0.3, -0.25) is 4.79 Å². The summed E-state index contributed by atoms with van der Waals surface area (Å²) in [4.78, 5) is 11.0. The lowest BCUT2D eigenvalue weighted by atomic mass is 9.87. The van der Waals surface area contributed by atoms with Crippen LogP contribution in [0.5, 0.6) is 0 Å². The van der Waals surface area contributed by atoms with Gasteiger partial charge in [-0.05, 0) is 13.3 Å². The van der Waals surface area contributed by atoms with Crippen molar-refractivity contribution in [2.24, 2.45) is 5.92 Å². The molecule has 1 rings (SSSR count). The topological polar surface area (TPSA) is 29.1 Å². The Kier molecular flexibility index (Phi) is 3.57. The van der Waals surface area contributed by atoms with Gasteiger partial charge in [-0.1, -0.05) is 32.6 Å². The molecular formula is C10H19NO. The fourth-order valence-electron chi connectivity index (χ4n) is 1.73. The predicted molar refractivity (Wildman–Crippen MR) is 49.9 cm³/mol. The minimum absolute atomic E-state index is 0.263. The van der Waals surface area contributed by atoms with E-state index in [4.69, 9.17) is 0 Å². The Balaban J connectivity index is 2.03. The minimum atomic E-state index is 0.263. The summed E-state index contributed by atoms with van der Waals surface area (Å²) in [5, 5.41) is 2.86. The van der Waals surface area contributed by atoms with E-state index in [9.17, 15) is 4.79 Å². The molecule has 0 radical (unpaired) electrons. The molecule has 2 nitrogen and oxygen atoms in total. The van der Waals surface area contributed by atoms with Crippen molar-refractivity contribution >= 4 is 5.91 Å². The van der Waals surface area contributed by atoms with Gasteiger partial charge in [-0.15, -0.1) is 0 Å². The molecule has 0 aromatic heterocycles. The SMILES string of the molecule is CCCCCC[C@@H]1C(=O)N[C@H]1C. The molecule has 0 bridgehead atoms. The first-order valence-electron chi connectivity index (χ1n) is 5.06. The molecule has 2 atom stereocenters. The van der Waals surface area contributed by atoms with E-state index in [1.807, 2.05) is 0 Å². The molecule has 0 aliphatic carbocycles. The van der Waals surface area contributed by atoms with Crippen molar-refractivity contribution in [1.82, 2.24) is 5.32 Å². The lowest BCUT2D eigenvalue weighted by Gasteiger charge is -2.34. The van der Waals surface area contributed by atoms with Crippen LogP contribution in [-0.4, -0.2) is 11.9 Å². The number of carbonyl (C=O) groups is 1. The van der Waals surface area contributed by atoms with Crippen LogP contribution < -0.4 is 5.32 Å². The first-order chi connectivity index (χ1) is 5.75. The minimum Gasteiger partial charge on any atom is -0.353 e. The van der Waals surface area contributed by atoms with Gasteiger partial charge in [0.1, 0.15) is 0 Å². The van der Waals surface area contributed by atoms with Crippen LogP contribution in [0.1, 0.15) is 46.0 Å². The number of unbranched alkanes of at least 4 members (excludes halogenated alkanes) is 3. The normalized spacial score (nSPS) is 28.0. The number of hydrogen-bond acceptors (Lipinski definition) is 1. The van der Waals surface area contributed by atoms with Gasteiger partial charge in [0.15, 0.2) is 0 Å². The van der Waals surface area contributed by atoms with Crippen molar-refractivity contribution in [2.75, 3.05) is 0 Å². The number of carbonyl (C=O) groups excluding carboxylic acids is 1. The van der Waals surface area contributed by atoms with Gasteiger partial charge in [0.05, 0.1) is 5.92 Å². The highest BCUT2D eigenvalue weighted by Gasteiger charge is 2.34. The molecule has 1 fully saturated rings. The van der Waals surface area contributed by atoms with Crippen molar-refractivity contribution in [3.63, 3.8) is 0 Å². The lowest BCUT2D eigenvalue weighted by molar-refractivity contribution is -0.134. The second-order valence-corrected chi connectivity index (χ2v) is 3.75. The highest BCUT2D eigenvalue weighted by molar-refractivity contribution is 5.85. The Morgan fingerprint density at radius 1 is 1.33 bits per heavy atom. The van der Waals surface area contributed by atoms with Crippen molar-refractivity contribution in [3.8, 4) is 0 Å². The quantitative estimate of drug-likeness (QED) is 0.495. The highest BCUT2D eigenvalue weighted by Crippen LogP contribution is 2.21. The van der Waals surface area contributed by atoms with E-state index in [1.165, 1.54) is 25.7 Å². The zero-order chi connectivity index (χ0) is 8.97. The summed E-state index contributed by atoms with van der Waals surface area (Å²) in [5.74, 6) is 0.584. The van der Waals surface area contributed by atoms with Crippen LogP contribution in [0.4, 0.5) is 0 Å². The zero-order valence-corrected chi connectivity index (χ0v) is 8.10. The van der Waals surface area contributed by atoms with E-state index < -0.39 is 0 Å². The smallest absolute Gasteiger partial charge is 0.225 e. The maximum absolute atomic E-state index is 11.0. The number of rotatable bonds is 5. The Morgan fingerprint density at radius 2 is 2.08 bits per heavy atom. The fraction of sp³-hybridized carbons (Fsp3) is 0.900. The van der Waals surface area contributed by atoms with Crippen molar-refractivity contribution < 1.29 is 4.79 Å². The third-order valence-electron chi connectivity index (χ3n) is 2.68. The van der Waals surface area contributed by atoms with Gasteiger partial charge < -0.3 is 5.32 Å². The Bertz CT molecular complexity index is 156. The maximum atomic E-state index is 11.0. The predicted octanol–water partition coefficient (Wildman–Crippen LogP) is 2.09. The van der Waals surface area contributed by atoms with Crippen LogP contribution in [0.2, 0.25) is 0 Å². The second-order valence-electron chi connectivity index (χ2n) is 3.75. The number of β-lactam (4-membered cyclic amide) rings is 1. The monoisotopic (exact) mass is 169 g/mol. The van der Waals surface area contributed by atoms with E-state index in [2.05, 4.69) is 19.2 Å². The van der Waals surface area contributed by atoms with E-state index in [0.717, 1.165) is 6.42 Å². The fourth-order valence-corrected chi connectivity index (χ4v) is 1.73. The second kappa shape index (κ2) is 4.48. The van der Waals surface area contributed by atoms with Crippen molar-refractivity contribution in [3.05, 3.63) is 0 Å². The maximum Gasteiger partial charge on any atom is 0.225 e. The summed E-state index contributed by atoms with van der Waals surface area (Å²) in [7, 11) is 0. The molecular weight excluding hydrogens is 150 g/mol. The van der Waals surface area contributed by atoms with E-state index in [0.29, 0.717) is 12.0 Å². The summed E-state index contributed by atoms with van der Waals surface area (Å²) in [6.45, 7) is 4.30. The molecule has 1 amide bonds. The van der Waals surface area contributed by atoms with Crippen LogP contribution >= 0.6 is 0 Å². The van der Waals surface area contributed by atoms with E-state index in [-0.39, 0.29) is 5.91 Å². The third-order valence-corrected chi connectivity index (χ3v) is 2.68. The summed E-state index contributed by atoms with van der Waals surface area (Å²) < 4.78 is 0. The van der Waals surface area contributed by atoms with Gasteiger partial charge >= 0.3 is 0 Å². The lowest BCUT2D eigenvalue weighted by Crippen LogP contribution is -2.56. The summed E-state index contributed by atoms with van der Waals surface area (Å²) in [6.07, 6.45) is 6.17. The van der Waals surface area contributed by atoms with Crippen LogP contribution in [0.25, 0.3) is 0 Å². The molecule has 0 spiro atoms.